The van der Waals surface area contributed by atoms with Crippen molar-refractivity contribution in [3.8, 4) is 0 Å². The van der Waals surface area contributed by atoms with Crippen LogP contribution in [0.4, 0.5) is 0 Å². The van der Waals surface area contributed by atoms with Gasteiger partial charge in [0.1, 0.15) is 5.78 Å². The lowest BCUT2D eigenvalue weighted by atomic mass is 9.95. The molecule has 0 N–H and O–H groups in total. The van der Waals surface area contributed by atoms with E-state index in [9.17, 15) is 4.79 Å². The minimum Gasteiger partial charge on any atom is -0.299 e. The molecule has 0 aliphatic heterocycles. The molecular formula is C14H19BrN2O. The van der Waals surface area contributed by atoms with Crippen molar-refractivity contribution in [2.75, 3.05) is 0 Å². The average molecular weight is 311 g/mol. The van der Waals surface area contributed by atoms with Gasteiger partial charge in [-0.25, -0.2) is 0 Å². The summed E-state index contributed by atoms with van der Waals surface area (Å²) in [6, 6.07) is 0. The van der Waals surface area contributed by atoms with E-state index in [1.807, 2.05) is 11.6 Å². The van der Waals surface area contributed by atoms with E-state index in [0.717, 1.165) is 47.1 Å². The third kappa shape index (κ3) is 2.04. The largest absolute Gasteiger partial charge is 0.299 e. The first kappa shape index (κ1) is 12.4. The van der Waals surface area contributed by atoms with Gasteiger partial charge in [-0.2, -0.15) is 5.10 Å². The number of halogens is 1. The van der Waals surface area contributed by atoms with Gasteiger partial charge in [-0.05, 0) is 60.9 Å². The molecule has 18 heavy (non-hydrogen) atoms. The van der Waals surface area contributed by atoms with Crippen LogP contribution in [0, 0.1) is 24.7 Å². The van der Waals surface area contributed by atoms with Crippen molar-refractivity contribution in [2.45, 2.75) is 46.1 Å². The Kier molecular flexibility index (Phi) is 3.08. The lowest BCUT2D eigenvalue weighted by Crippen LogP contribution is -2.18. The zero-order valence-electron chi connectivity index (χ0n) is 10.9. The molecule has 2 saturated carbocycles. The number of aryl methyl sites for hydroxylation is 2. The summed E-state index contributed by atoms with van der Waals surface area (Å²) < 4.78 is 2.97. The summed E-state index contributed by atoms with van der Waals surface area (Å²) in [4.78, 5) is 12.3. The summed E-state index contributed by atoms with van der Waals surface area (Å²) in [6.45, 7) is 4.87. The Hall–Kier alpha value is -0.640. The number of ketones is 1. The van der Waals surface area contributed by atoms with E-state index in [1.165, 1.54) is 6.42 Å². The van der Waals surface area contributed by atoms with Gasteiger partial charge in [0.2, 0.25) is 0 Å². The maximum absolute atomic E-state index is 12.3. The Morgan fingerprint density at radius 1 is 1.39 bits per heavy atom. The molecule has 0 spiro atoms. The first-order chi connectivity index (χ1) is 8.60. The molecule has 3 rings (SSSR count). The Morgan fingerprint density at radius 3 is 2.67 bits per heavy atom. The molecule has 0 aromatic carbocycles. The quantitative estimate of drug-likeness (QED) is 0.856. The van der Waals surface area contributed by atoms with Crippen LogP contribution >= 0.6 is 15.9 Å². The van der Waals surface area contributed by atoms with Crippen molar-refractivity contribution < 1.29 is 4.79 Å². The van der Waals surface area contributed by atoms with Crippen molar-refractivity contribution in [1.82, 2.24) is 9.78 Å². The first-order valence-electron chi connectivity index (χ1n) is 6.84. The van der Waals surface area contributed by atoms with E-state index < -0.39 is 0 Å². The fourth-order valence-electron chi connectivity index (χ4n) is 3.32. The molecule has 0 bridgehead atoms. The highest BCUT2D eigenvalue weighted by atomic mass is 79.9. The number of fused-ring (bicyclic) bond motifs is 1. The van der Waals surface area contributed by atoms with Crippen LogP contribution in [0.5, 0.6) is 0 Å². The first-order valence-corrected chi connectivity index (χ1v) is 7.64. The predicted octanol–water partition coefficient (Wildman–Crippen LogP) is 3.13. The predicted molar refractivity (Wildman–Crippen MR) is 73.4 cm³/mol. The Morgan fingerprint density at radius 2 is 2.06 bits per heavy atom. The minimum atomic E-state index is 0.321. The summed E-state index contributed by atoms with van der Waals surface area (Å²) in [5.41, 5.74) is 2.04. The summed E-state index contributed by atoms with van der Waals surface area (Å²) in [7, 11) is 0. The van der Waals surface area contributed by atoms with Gasteiger partial charge in [0.05, 0.1) is 15.9 Å². The molecule has 0 saturated heterocycles. The lowest BCUT2D eigenvalue weighted by molar-refractivity contribution is -0.122. The Labute approximate surface area is 116 Å². The van der Waals surface area contributed by atoms with E-state index >= 15 is 0 Å². The third-order valence-corrected chi connectivity index (χ3v) is 5.52. The SMILES string of the molecule is CCn1nc(C)c(Br)c1CC(=O)C1CC2CC2C1. The van der Waals surface area contributed by atoms with E-state index in [4.69, 9.17) is 0 Å². The highest BCUT2D eigenvalue weighted by Gasteiger charge is 2.47. The molecule has 3 nitrogen and oxygen atoms in total. The van der Waals surface area contributed by atoms with Crippen molar-refractivity contribution in [3.05, 3.63) is 15.9 Å². The van der Waals surface area contributed by atoms with E-state index in [2.05, 4.69) is 28.0 Å². The number of carbonyl (C=O) groups excluding carboxylic acids is 1. The fourth-order valence-corrected chi connectivity index (χ4v) is 3.75. The molecule has 2 atom stereocenters. The second-order valence-electron chi connectivity index (χ2n) is 5.73. The topological polar surface area (TPSA) is 34.9 Å². The molecular weight excluding hydrogens is 292 g/mol. The summed E-state index contributed by atoms with van der Waals surface area (Å²) in [5.74, 6) is 2.49. The van der Waals surface area contributed by atoms with Gasteiger partial charge in [-0.1, -0.05) is 0 Å². The molecule has 2 aliphatic carbocycles. The maximum Gasteiger partial charge on any atom is 0.141 e. The van der Waals surface area contributed by atoms with E-state index in [-0.39, 0.29) is 0 Å². The van der Waals surface area contributed by atoms with Crippen LogP contribution in [0.25, 0.3) is 0 Å². The van der Waals surface area contributed by atoms with Crippen LogP contribution in [-0.4, -0.2) is 15.6 Å². The molecule has 0 radical (unpaired) electrons. The van der Waals surface area contributed by atoms with Gasteiger partial charge in [0, 0.05) is 18.9 Å². The normalized spacial score (nSPS) is 29.4. The summed E-state index contributed by atoms with van der Waals surface area (Å²) in [6.07, 6.45) is 4.19. The van der Waals surface area contributed by atoms with Crippen LogP contribution in [0.1, 0.15) is 37.6 Å². The highest BCUT2D eigenvalue weighted by molar-refractivity contribution is 9.10. The summed E-state index contributed by atoms with van der Waals surface area (Å²) in [5, 5.41) is 4.45. The smallest absolute Gasteiger partial charge is 0.141 e. The fraction of sp³-hybridized carbons (Fsp3) is 0.714. The van der Waals surface area contributed by atoms with Crippen LogP contribution in [0.3, 0.4) is 0 Å². The zero-order valence-corrected chi connectivity index (χ0v) is 12.5. The molecule has 1 aromatic heterocycles. The number of carbonyl (C=O) groups is 1. The van der Waals surface area contributed by atoms with Crippen LogP contribution in [0.15, 0.2) is 4.47 Å². The number of aromatic nitrogens is 2. The maximum atomic E-state index is 12.3. The van der Waals surface area contributed by atoms with Crippen molar-refractivity contribution in [3.63, 3.8) is 0 Å². The molecule has 1 aromatic rings. The summed E-state index contributed by atoms with van der Waals surface area (Å²) >= 11 is 3.56. The second kappa shape index (κ2) is 4.48. The van der Waals surface area contributed by atoms with Crippen LogP contribution < -0.4 is 0 Å². The number of hydrogen-bond acceptors (Lipinski definition) is 2. The molecule has 98 valence electrons. The van der Waals surface area contributed by atoms with Crippen LogP contribution in [-0.2, 0) is 17.8 Å². The van der Waals surface area contributed by atoms with Crippen LogP contribution in [0.2, 0.25) is 0 Å². The lowest BCUT2D eigenvalue weighted by Gasteiger charge is -2.11. The van der Waals surface area contributed by atoms with Crippen molar-refractivity contribution in [1.29, 1.82) is 0 Å². The molecule has 2 aliphatic rings. The second-order valence-corrected chi connectivity index (χ2v) is 6.52. The van der Waals surface area contributed by atoms with Gasteiger partial charge < -0.3 is 0 Å². The molecule has 0 amide bonds. The number of nitrogens with zero attached hydrogens (tertiary/aromatic N) is 2. The van der Waals surface area contributed by atoms with Gasteiger partial charge in [-0.3, -0.25) is 9.48 Å². The Balaban J connectivity index is 1.73. The monoisotopic (exact) mass is 310 g/mol. The number of hydrogen-bond donors (Lipinski definition) is 0. The zero-order chi connectivity index (χ0) is 12.9. The standard InChI is InChI=1S/C14H19BrN2O/c1-3-17-12(14(15)8(2)16-17)7-13(18)11-5-9-4-10(9)6-11/h9-11H,3-7H2,1-2H3. The highest BCUT2D eigenvalue weighted by Crippen LogP contribution is 2.54. The van der Waals surface area contributed by atoms with E-state index in [0.29, 0.717) is 18.1 Å². The van der Waals surface area contributed by atoms with Crippen molar-refractivity contribution >= 4 is 21.7 Å². The molecule has 4 heteroatoms. The molecule has 2 unspecified atom stereocenters. The number of rotatable bonds is 4. The van der Waals surface area contributed by atoms with Crippen molar-refractivity contribution in [2.24, 2.45) is 17.8 Å². The average Bonchev–Trinajstić information content (AvgIpc) is 2.88. The number of Topliss-reactive ketones (excluding diaryl/α,β-unsaturated/α-hetero) is 1. The van der Waals surface area contributed by atoms with Gasteiger partial charge in [-0.15, -0.1) is 0 Å². The van der Waals surface area contributed by atoms with Gasteiger partial charge in [0.15, 0.2) is 0 Å². The molecule has 1 heterocycles. The van der Waals surface area contributed by atoms with E-state index in [1.54, 1.807) is 0 Å². The Bertz CT molecular complexity index is 484. The minimum absolute atomic E-state index is 0.321. The van der Waals surface area contributed by atoms with Gasteiger partial charge in [0.25, 0.3) is 0 Å². The molecule has 2 fully saturated rings. The van der Waals surface area contributed by atoms with Gasteiger partial charge >= 0.3 is 0 Å². The third-order valence-electron chi connectivity index (χ3n) is 4.49.